The first-order valence-corrected chi connectivity index (χ1v) is 5.92. The van der Waals surface area contributed by atoms with Crippen LogP contribution >= 0.6 is 22.6 Å². The van der Waals surface area contributed by atoms with Gasteiger partial charge in [0.25, 0.3) is 6.43 Å². The second kappa shape index (κ2) is 4.03. The number of nitrogens with two attached hydrogens (primary N) is 1. The number of hydrogen-bond acceptors (Lipinski definition) is 3. The molecule has 1 rings (SSSR count). The maximum Gasteiger partial charge on any atom is 0.281 e. The van der Waals surface area contributed by atoms with Crippen molar-refractivity contribution in [3.63, 3.8) is 0 Å². The molecule has 0 atom stereocenters. The number of sulfonamides is 1. The molecule has 1 aromatic rings. The summed E-state index contributed by atoms with van der Waals surface area (Å²) in [6.45, 7) is 0. The van der Waals surface area contributed by atoms with Gasteiger partial charge in [-0.2, -0.15) is 0 Å². The Morgan fingerprint density at radius 2 is 2.07 bits per heavy atom. The average Bonchev–Trinajstić information content (AvgIpc) is 2.01. The highest BCUT2D eigenvalue weighted by Crippen LogP contribution is 2.26. The van der Waals surface area contributed by atoms with E-state index in [1.807, 2.05) is 0 Å². The highest BCUT2D eigenvalue weighted by molar-refractivity contribution is 14.1. The molecule has 2 N–H and O–H groups in total. The number of halogens is 3. The predicted molar refractivity (Wildman–Crippen MR) is 53.3 cm³/mol. The molecule has 0 amide bonds. The van der Waals surface area contributed by atoms with Gasteiger partial charge in [-0.05, 0) is 28.7 Å². The number of pyridine rings is 1. The van der Waals surface area contributed by atoms with Crippen LogP contribution in [0.25, 0.3) is 0 Å². The monoisotopic (exact) mass is 334 g/mol. The average molecular weight is 334 g/mol. The molecule has 78 valence electrons. The van der Waals surface area contributed by atoms with Crippen LogP contribution in [0.1, 0.15) is 12.1 Å². The van der Waals surface area contributed by atoms with Crippen LogP contribution in [0, 0.1) is 3.57 Å². The van der Waals surface area contributed by atoms with E-state index in [9.17, 15) is 17.2 Å². The summed E-state index contributed by atoms with van der Waals surface area (Å²) < 4.78 is 46.3. The van der Waals surface area contributed by atoms with Crippen molar-refractivity contribution in [1.82, 2.24) is 4.98 Å². The largest absolute Gasteiger partial charge is 0.281 e. The number of alkyl halides is 2. The molecule has 0 aliphatic rings. The van der Waals surface area contributed by atoms with E-state index >= 15 is 0 Å². The Hall–Kier alpha value is -0.350. The highest BCUT2D eigenvalue weighted by Gasteiger charge is 2.20. The third-order valence-electron chi connectivity index (χ3n) is 1.39. The molecule has 0 unspecified atom stereocenters. The summed E-state index contributed by atoms with van der Waals surface area (Å²) in [6, 6.07) is 1.09. The fourth-order valence-corrected chi connectivity index (χ4v) is 2.89. The van der Waals surface area contributed by atoms with E-state index in [1.165, 1.54) is 22.6 Å². The third-order valence-corrected chi connectivity index (χ3v) is 3.85. The van der Waals surface area contributed by atoms with Gasteiger partial charge in [0.05, 0.1) is 8.47 Å². The van der Waals surface area contributed by atoms with Crippen molar-refractivity contribution in [1.29, 1.82) is 0 Å². The van der Waals surface area contributed by atoms with Gasteiger partial charge < -0.3 is 0 Å². The summed E-state index contributed by atoms with van der Waals surface area (Å²) in [4.78, 5) is 3.04. The van der Waals surface area contributed by atoms with Crippen molar-refractivity contribution in [3.05, 3.63) is 21.5 Å². The molecule has 0 bridgehead atoms. The van der Waals surface area contributed by atoms with Gasteiger partial charge in [0.1, 0.15) is 5.69 Å². The zero-order chi connectivity index (χ0) is 10.9. The molecule has 8 heteroatoms. The Kier molecular flexibility index (Phi) is 3.37. The highest BCUT2D eigenvalue weighted by atomic mass is 127. The zero-order valence-corrected chi connectivity index (χ0v) is 9.59. The molecular weight excluding hydrogens is 329 g/mol. The van der Waals surface area contributed by atoms with Crippen molar-refractivity contribution in [2.75, 3.05) is 0 Å². The van der Waals surface area contributed by atoms with E-state index < -0.39 is 22.1 Å². The van der Waals surface area contributed by atoms with Gasteiger partial charge in [-0.3, -0.25) is 4.98 Å². The van der Waals surface area contributed by atoms with Crippen LogP contribution in [0.2, 0.25) is 0 Å². The molecule has 0 spiro atoms. The summed E-state index contributed by atoms with van der Waals surface area (Å²) >= 11 is 1.48. The van der Waals surface area contributed by atoms with Crippen molar-refractivity contribution < 1.29 is 17.2 Å². The fourth-order valence-electron chi connectivity index (χ4n) is 0.813. The van der Waals surface area contributed by atoms with Crippen LogP contribution < -0.4 is 5.14 Å². The van der Waals surface area contributed by atoms with Gasteiger partial charge in [-0.15, -0.1) is 0 Å². The molecule has 0 aliphatic heterocycles. The van der Waals surface area contributed by atoms with E-state index in [4.69, 9.17) is 5.14 Å². The second-order valence-electron chi connectivity index (χ2n) is 2.35. The summed E-state index contributed by atoms with van der Waals surface area (Å²) in [5, 5.41) is 4.82. The molecule has 0 fully saturated rings. The number of hydrogen-bond donors (Lipinski definition) is 1. The quantitative estimate of drug-likeness (QED) is 0.828. The molecule has 0 aliphatic carbocycles. The maximum atomic E-state index is 12.3. The number of primary sulfonamides is 1. The van der Waals surface area contributed by atoms with Crippen molar-refractivity contribution >= 4 is 32.6 Å². The number of nitrogens with zero attached hydrogens (tertiary/aromatic N) is 1. The lowest BCUT2D eigenvalue weighted by molar-refractivity contribution is 0.144. The van der Waals surface area contributed by atoms with Crippen molar-refractivity contribution in [2.24, 2.45) is 5.14 Å². The molecule has 1 aromatic heterocycles. The van der Waals surface area contributed by atoms with Crippen molar-refractivity contribution in [2.45, 2.75) is 11.3 Å². The van der Waals surface area contributed by atoms with Crippen LogP contribution in [-0.4, -0.2) is 13.4 Å². The zero-order valence-electron chi connectivity index (χ0n) is 6.62. The molecule has 0 aromatic carbocycles. The minimum absolute atomic E-state index is 0.136. The lowest BCUT2D eigenvalue weighted by Crippen LogP contribution is -2.15. The molecule has 14 heavy (non-hydrogen) atoms. The first kappa shape index (κ1) is 11.7. The minimum atomic E-state index is -3.97. The predicted octanol–water partition coefficient (Wildman–Crippen LogP) is 1.27. The van der Waals surface area contributed by atoms with E-state index in [1.54, 1.807) is 0 Å². The molecule has 0 saturated carbocycles. The summed E-state index contributed by atoms with van der Waals surface area (Å²) in [5.74, 6) is 0. The van der Waals surface area contributed by atoms with Gasteiger partial charge in [0.15, 0.2) is 0 Å². The molecule has 0 saturated heterocycles. The molecular formula is C6H5F2IN2O2S. The normalized spacial score (nSPS) is 12.1. The number of rotatable bonds is 2. The van der Waals surface area contributed by atoms with E-state index in [0.717, 1.165) is 12.3 Å². The van der Waals surface area contributed by atoms with E-state index in [2.05, 4.69) is 4.98 Å². The molecule has 1 heterocycles. The Bertz CT molecular complexity index is 449. The Labute approximate surface area is 92.7 Å². The smallest absolute Gasteiger partial charge is 0.254 e. The summed E-state index contributed by atoms with van der Waals surface area (Å²) in [5.41, 5.74) is -0.572. The van der Waals surface area contributed by atoms with Crippen LogP contribution in [-0.2, 0) is 10.0 Å². The third kappa shape index (κ3) is 2.36. The topological polar surface area (TPSA) is 73.1 Å². The van der Waals surface area contributed by atoms with Crippen LogP contribution in [0.4, 0.5) is 8.78 Å². The van der Waals surface area contributed by atoms with Crippen LogP contribution in [0.5, 0.6) is 0 Å². The van der Waals surface area contributed by atoms with E-state index in [-0.39, 0.29) is 8.47 Å². The lowest BCUT2D eigenvalue weighted by atomic mass is 10.4. The first-order valence-electron chi connectivity index (χ1n) is 3.29. The maximum absolute atomic E-state index is 12.3. The van der Waals surface area contributed by atoms with E-state index in [0.29, 0.717) is 0 Å². The summed E-state index contributed by atoms with van der Waals surface area (Å²) in [7, 11) is -3.97. The first-order chi connectivity index (χ1) is 6.34. The van der Waals surface area contributed by atoms with Gasteiger partial charge >= 0.3 is 0 Å². The Balaban J connectivity index is 3.43. The molecule has 0 radical (unpaired) electrons. The van der Waals surface area contributed by atoms with Crippen molar-refractivity contribution in [3.8, 4) is 0 Å². The fraction of sp³-hybridized carbons (Fsp3) is 0.167. The summed E-state index contributed by atoms with van der Waals surface area (Å²) in [6.07, 6.45) is -1.83. The second-order valence-corrected chi connectivity index (χ2v) is 4.96. The standard InChI is InChI=1S/C6H5F2IN2O2S/c7-6(8)5-4(9)3(1-2-11-5)14(10,12)13/h1-2,6H,(H2,10,12,13). The number of aromatic nitrogens is 1. The van der Waals surface area contributed by atoms with Gasteiger partial charge in [-0.25, -0.2) is 22.3 Å². The van der Waals surface area contributed by atoms with Gasteiger partial charge in [0.2, 0.25) is 10.0 Å². The van der Waals surface area contributed by atoms with Crippen LogP contribution in [0.15, 0.2) is 17.2 Å². The Morgan fingerprint density at radius 3 is 2.50 bits per heavy atom. The minimum Gasteiger partial charge on any atom is -0.254 e. The van der Waals surface area contributed by atoms with Gasteiger partial charge in [-0.1, -0.05) is 0 Å². The molecule has 4 nitrogen and oxygen atoms in total. The van der Waals surface area contributed by atoms with Gasteiger partial charge in [0, 0.05) is 6.20 Å². The SMILES string of the molecule is NS(=O)(=O)c1ccnc(C(F)F)c1I. The van der Waals surface area contributed by atoms with Crippen LogP contribution in [0.3, 0.4) is 0 Å². The lowest BCUT2D eigenvalue weighted by Gasteiger charge is -2.05. The Morgan fingerprint density at radius 1 is 1.50 bits per heavy atom.